The van der Waals surface area contributed by atoms with Crippen LogP contribution in [-0.4, -0.2) is 32.8 Å². The molecule has 1 aromatic rings. The van der Waals surface area contributed by atoms with E-state index < -0.39 is 0 Å². The number of anilines is 1. The van der Waals surface area contributed by atoms with E-state index in [1.54, 1.807) is 25.3 Å². The summed E-state index contributed by atoms with van der Waals surface area (Å²) in [5.41, 5.74) is 6.88. The van der Waals surface area contributed by atoms with E-state index in [2.05, 4.69) is 19.2 Å². The number of methoxy groups -OCH3 is 1. The van der Waals surface area contributed by atoms with Gasteiger partial charge in [0.2, 0.25) is 0 Å². The van der Waals surface area contributed by atoms with Crippen LogP contribution in [0.25, 0.3) is 0 Å². The molecule has 1 aromatic carbocycles. The summed E-state index contributed by atoms with van der Waals surface area (Å²) in [4.78, 5) is 12.1. The molecule has 0 spiro atoms. The molecule has 0 atom stereocenters. The summed E-state index contributed by atoms with van der Waals surface area (Å²) >= 11 is 0. The van der Waals surface area contributed by atoms with Crippen LogP contribution >= 0.6 is 0 Å². The maximum absolute atomic E-state index is 12.1. The standard InChI is InChI=1S/C16H26N2O3/c1-5-21-14-7-6-12(10-13(14)17)15(19)18-11-16(2,3)8-9-20-4/h6-7,10H,5,8-9,11,17H2,1-4H3,(H,18,19). The van der Waals surface area contributed by atoms with E-state index in [0.717, 1.165) is 6.42 Å². The first-order chi connectivity index (χ1) is 9.89. The highest BCUT2D eigenvalue weighted by Crippen LogP contribution is 2.23. The summed E-state index contributed by atoms with van der Waals surface area (Å²) in [7, 11) is 1.68. The van der Waals surface area contributed by atoms with Gasteiger partial charge in [0.15, 0.2) is 0 Å². The number of hydrogen-bond acceptors (Lipinski definition) is 4. The number of hydrogen-bond donors (Lipinski definition) is 2. The van der Waals surface area contributed by atoms with Crippen LogP contribution in [0, 0.1) is 5.41 Å². The Morgan fingerprint density at radius 2 is 2.10 bits per heavy atom. The SMILES string of the molecule is CCOc1ccc(C(=O)NCC(C)(C)CCOC)cc1N. The first kappa shape index (κ1) is 17.3. The van der Waals surface area contributed by atoms with Crippen molar-refractivity contribution in [3.63, 3.8) is 0 Å². The monoisotopic (exact) mass is 294 g/mol. The predicted molar refractivity (Wildman–Crippen MR) is 84.6 cm³/mol. The molecule has 0 aliphatic rings. The van der Waals surface area contributed by atoms with Gasteiger partial charge in [-0.1, -0.05) is 13.8 Å². The highest BCUT2D eigenvalue weighted by atomic mass is 16.5. The van der Waals surface area contributed by atoms with Crippen LogP contribution in [0.4, 0.5) is 5.69 Å². The zero-order chi connectivity index (χ0) is 15.9. The molecule has 0 saturated carbocycles. The summed E-state index contributed by atoms with van der Waals surface area (Å²) in [5.74, 6) is 0.477. The van der Waals surface area contributed by atoms with Crippen LogP contribution in [0.1, 0.15) is 37.6 Å². The van der Waals surface area contributed by atoms with Crippen molar-refractivity contribution in [2.75, 3.05) is 32.6 Å². The number of nitrogens with one attached hydrogen (secondary N) is 1. The Kier molecular flexibility index (Phi) is 6.49. The van der Waals surface area contributed by atoms with E-state index in [4.69, 9.17) is 15.2 Å². The number of rotatable bonds is 8. The highest BCUT2D eigenvalue weighted by molar-refractivity contribution is 5.95. The van der Waals surface area contributed by atoms with Gasteiger partial charge in [0, 0.05) is 25.8 Å². The molecule has 0 heterocycles. The van der Waals surface area contributed by atoms with Gasteiger partial charge >= 0.3 is 0 Å². The number of ether oxygens (including phenoxy) is 2. The zero-order valence-corrected chi connectivity index (χ0v) is 13.4. The highest BCUT2D eigenvalue weighted by Gasteiger charge is 2.19. The molecule has 21 heavy (non-hydrogen) atoms. The van der Waals surface area contributed by atoms with Gasteiger partial charge in [-0.3, -0.25) is 4.79 Å². The van der Waals surface area contributed by atoms with Crippen molar-refractivity contribution in [2.45, 2.75) is 27.2 Å². The molecular weight excluding hydrogens is 268 g/mol. The minimum absolute atomic E-state index is 0.0114. The van der Waals surface area contributed by atoms with Gasteiger partial charge in [-0.25, -0.2) is 0 Å². The van der Waals surface area contributed by atoms with E-state index in [-0.39, 0.29) is 11.3 Å². The lowest BCUT2D eigenvalue weighted by Gasteiger charge is -2.24. The molecule has 3 N–H and O–H groups in total. The molecule has 0 saturated heterocycles. The van der Waals surface area contributed by atoms with Crippen molar-refractivity contribution < 1.29 is 14.3 Å². The van der Waals surface area contributed by atoms with Crippen LogP contribution in [-0.2, 0) is 4.74 Å². The lowest BCUT2D eigenvalue weighted by atomic mass is 9.89. The average Bonchev–Trinajstić information content (AvgIpc) is 2.45. The van der Waals surface area contributed by atoms with Gasteiger partial charge in [0.25, 0.3) is 5.91 Å². The van der Waals surface area contributed by atoms with Gasteiger partial charge < -0.3 is 20.5 Å². The Morgan fingerprint density at radius 1 is 1.38 bits per heavy atom. The van der Waals surface area contributed by atoms with Gasteiger partial charge in [0.05, 0.1) is 12.3 Å². The van der Waals surface area contributed by atoms with Gasteiger partial charge in [0.1, 0.15) is 5.75 Å². The molecule has 1 rings (SSSR count). The Balaban J connectivity index is 2.61. The van der Waals surface area contributed by atoms with E-state index in [0.29, 0.717) is 36.8 Å². The molecule has 0 aromatic heterocycles. The molecule has 0 aliphatic heterocycles. The number of carbonyl (C=O) groups is 1. The summed E-state index contributed by atoms with van der Waals surface area (Å²) < 4.78 is 10.4. The van der Waals surface area contributed by atoms with Crippen LogP contribution in [0.15, 0.2) is 18.2 Å². The summed E-state index contributed by atoms with van der Waals surface area (Å²) in [6.45, 7) is 7.89. The van der Waals surface area contributed by atoms with Crippen LogP contribution in [0.3, 0.4) is 0 Å². The number of amides is 1. The minimum Gasteiger partial charge on any atom is -0.492 e. The van der Waals surface area contributed by atoms with Crippen molar-refractivity contribution in [1.82, 2.24) is 5.32 Å². The molecule has 118 valence electrons. The van der Waals surface area contributed by atoms with E-state index in [1.165, 1.54) is 0 Å². The van der Waals surface area contributed by atoms with E-state index in [1.807, 2.05) is 6.92 Å². The first-order valence-electron chi connectivity index (χ1n) is 7.19. The quantitative estimate of drug-likeness (QED) is 0.722. The van der Waals surface area contributed by atoms with Crippen molar-refractivity contribution in [1.29, 1.82) is 0 Å². The molecule has 0 aliphatic carbocycles. The topological polar surface area (TPSA) is 73.6 Å². The summed E-state index contributed by atoms with van der Waals surface area (Å²) in [6.07, 6.45) is 0.884. The number of nitrogen functional groups attached to an aromatic ring is 1. The third kappa shape index (κ3) is 5.63. The lowest BCUT2D eigenvalue weighted by Crippen LogP contribution is -2.34. The molecule has 0 fully saturated rings. The van der Waals surface area contributed by atoms with Crippen molar-refractivity contribution >= 4 is 11.6 Å². The Labute approximate surface area is 126 Å². The molecule has 0 unspecified atom stereocenters. The van der Waals surface area contributed by atoms with Crippen LogP contribution in [0.5, 0.6) is 5.75 Å². The van der Waals surface area contributed by atoms with Crippen molar-refractivity contribution in [3.05, 3.63) is 23.8 Å². The van der Waals surface area contributed by atoms with Crippen molar-refractivity contribution in [2.24, 2.45) is 5.41 Å². The minimum atomic E-state index is -0.129. The number of carbonyl (C=O) groups excluding carboxylic acids is 1. The second-order valence-corrected chi connectivity index (χ2v) is 5.78. The lowest BCUT2D eigenvalue weighted by molar-refractivity contribution is 0.0921. The fourth-order valence-electron chi connectivity index (χ4n) is 1.87. The second-order valence-electron chi connectivity index (χ2n) is 5.78. The summed E-state index contributed by atoms with van der Waals surface area (Å²) in [6, 6.07) is 5.09. The van der Waals surface area contributed by atoms with Gasteiger partial charge in [-0.15, -0.1) is 0 Å². The maximum Gasteiger partial charge on any atom is 0.251 e. The Hall–Kier alpha value is -1.75. The van der Waals surface area contributed by atoms with Crippen molar-refractivity contribution in [3.8, 4) is 5.75 Å². The molecule has 5 heteroatoms. The molecule has 5 nitrogen and oxygen atoms in total. The van der Waals surface area contributed by atoms with Crippen LogP contribution < -0.4 is 15.8 Å². The van der Waals surface area contributed by atoms with Crippen LogP contribution in [0.2, 0.25) is 0 Å². The van der Waals surface area contributed by atoms with Gasteiger partial charge in [-0.05, 0) is 37.0 Å². The maximum atomic E-state index is 12.1. The third-order valence-electron chi connectivity index (χ3n) is 3.28. The normalized spacial score (nSPS) is 11.2. The van der Waals surface area contributed by atoms with E-state index in [9.17, 15) is 4.79 Å². The largest absolute Gasteiger partial charge is 0.492 e. The molecular formula is C16H26N2O3. The van der Waals surface area contributed by atoms with E-state index >= 15 is 0 Å². The Bertz CT molecular complexity index is 473. The first-order valence-corrected chi connectivity index (χ1v) is 7.19. The fraction of sp³-hybridized carbons (Fsp3) is 0.562. The van der Waals surface area contributed by atoms with Gasteiger partial charge in [-0.2, -0.15) is 0 Å². The zero-order valence-electron chi connectivity index (χ0n) is 13.4. The predicted octanol–water partition coefficient (Wildman–Crippen LogP) is 2.46. The third-order valence-corrected chi connectivity index (χ3v) is 3.28. The Morgan fingerprint density at radius 3 is 2.67 bits per heavy atom. The summed E-state index contributed by atoms with van der Waals surface area (Å²) in [5, 5.41) is 2.94. The average molecular weight is 294 g/mol. The molecule has 0 radical (unpaired) electrons. The number of nitrogens with two attached hydrogens (primary N) is 1. The smallest absolute Gasteiger partial charge is 0.251 e. The molecule has 1 amide bonds. The number of benzene rings is 1. The fourth-order valence-corrected chi connectivity index (χ4v) is 1.87. The molecule has 0 bridgehead atoms. The second kappa shape index (κ2) is 7.88.